The molecule has 2 aromatic heterocycles. The van der Waals surface area contributed by atoms with Crippen molar-refractivity contribution < 1.29 is 0 Å². The minimum Gasteiger partial charge on any atom is -0.370 e. The van der Waals surface area contributed by atoms with Crippen molar-refractivity contribution in [1.82, 2.24) is 9.97 Å². The zero-order valence-corrected chi connectivity index (χ0v) is 17.4. The second-order valence-electron chi connectivity index (χ2n) is 5.74. The van der Waals surface area contributed by atoms with Crippen molar-refractivity contribution in [3.63, 3.8) is 0 Å². The fraction of sp³-hybridized carbons (Fsp3) is 0.0526. The molecular weight excluding hydrogens is 446 g/mol. The average molecular weight is 463 g/mol. The van der Waals surface area contributed by atoms with Crippen molar-refractivity contribution in [3.05, 3.63) is 70.1 Å². The zero-order valence-electron chi connectivity index (χ0n) is 14.1. The highest BCUT2D eigenvalue weighted by molar-refractivity contribution is 9.10. The number of aliphatic imine (C=N–C) groups is 1. The number of aromatic amines is 1. The number of nitrogens with one attached hydrogen (secondary N) is 2. The van der Waals surface area contributed by atoms with Gasteiger partial charge in [-0.2, -0.15) is 0 Å². The van der Waals surface area contributed by atoms with Crippen LogP contribution in [-0.2, 0) is 6.54 Å². The molecule has 4 rings (SSSR count). The Morgan fingerprint density at radius 1 is 1.22 bits per heavy atom. The maximum Gasteiger partial charge on any atom is 0.195 e. The number of hydrogen-bond acceptors (Lipinski definition) is 3. The van der Waals surface area contributed by atoms with E-state index in [-0.39, 0.29) is 12.4 Å². The number of guanidine groups is 1. The quantitative estimate of drug-likeness (QED) is 0.280. The number of thiazole rings is 1. The molecule has 2 heterocycles. The highest BCUT2D eigenvalue weighted by Crippen LogP contribution is 2.32. The molecule has 0 fully saturated rings. The molecule has 0 aliphatic heterocycles. The SMILES string of the molecule is Cl.NC(=NCc1ccccc1)Nc1nc(-c2c[nH]c3ccc(Br)cc23)cs1. The van der Waals surface area contributed by atoms with Crippen LogP contribution in [0.5, 0.6) is 0 Å². The summed E-state index contributed by atoms with van der Waals surface area (Å²) >= 11 is 5.02. The highest BCUT2D eigenvalue weighted by Gasteiger charge is 2.11. The van der Waals surface area contributed by atoms with E-state index in [4.69, 9.17) is 5.73 Å². The van der Waals surface area contributed by atoms with E-state index in [2.05, 4.69) is 42.3 Å². The fourth-order valence-electron chi connectivity index (χ4n) is 2.67. The molecule has 0 radical (unpaired) electrons. The van der Waals surface area contributed by atoms with Crippen LogP contribution in [0.15, 0.2) is 69.6 Å². The first kappa shape index (κ1) is 19.4. The van der Waals surface area contributed by atoms with Gasteiger partial charge in [-0.3, -0.25) is 0 Å². The van der Waals surface area contributed by atoms with Crippen molar-refractivity contribution >= 4 is 61.7 Å². The third-order valence-electron chi connectivity index (χ3n) is 3.93. The van der Waals surface area contributed by atoms with Crippen LogP contribution in [0, 0.1) is 0 Å². The van der Waals surface area contributed by atoms with Crippen LogP contribution in [0.4, 0.5) is 5.13 Å². The van der Waals surface area contributed by atoms with Crippen molar-refractivity contribution in [2.75, 3.05) is 5.32 Å². The van der Waals surface area contributed by atoms with Crippen molar-refractivity contribution in [2.45, 2.75) is 6.54 Å². The minimum atomic E-state index is 0. The maximum atomic E-state index is 5.99. The lowest BCUT2D eigenvalue weighted by atomic mass is 10.1. The Morgan fingerprint density at radius 3 is 2.85 bits per heavy atom. The third-order valence-corrected chi connectivity index (χ3v) is 5.18. The van der Waals surface area contributed by atoms with E-state index in [9.17, 15) is 0 Å². The van der Waals surface area contributed by atoms with Crippen molar-refractivity contribution in [3.8, 4) is 11.3 Å². The fourth-order valence-corrected chi connectivity index (χ4v) is 3.75. The van der Waals surface area contributed by atoms with Gasteiger partial charge in [0.15, 0.2) is 11.1 Å². The van der Waals surface area contributed by atoms with Gasteiger partial charge in [0, 0.05) is 32.5 Å². The summed E-state index contributed by atoms with van der Waals surface area (Å²) in [7, 11) is 0. The molecule has 5 nitrogen and oxygen atoms in total. The monoisotopic (exact) mass is 461 g/mol. The molecule has 27 heavy (non-hydrogen) atoms. The lowest BCUT2D eigenvalue weighted by Crippen LogP contribution is -2.22. The summed E-state index contributed by atoms with van der Waals surface area (Å²) < 4.78 is 1.04. The van der Waals surface area contributed by atoms with Gasteiger partial charge in [0.2, 0.25) is 0 Å². The van der Waals surface area contributed by atoms with Crippen LogP contribution in [0.25, 0.3) is 22.2 Å². The van der Waals surface area contributed by atoms with E-state index in [1.165, 1.54) is 11.3 Å². The Bertz CT molecular complexity index is 1070. The first-order chi connectivity index (χ1) is 12.7. The van der Waals surface area contributed by atoms with Gasteiger partial charge < -0.3 is 16.0 Å². The van der Waals surface area contributed by atoms with Crippen LogP contribution < -0.4 is 11.1 Å². The number of H-pyrrole nitrogens is 1. The molecule has 0 spiro atoms. The normalized spacial score (nSPS) is 11.4. The van der Waals surface area contributed by atoms with Crippen LogP contribution in [0.2, 0.25) is 0 Å². The summed E-state index contributed by atoms with van der Waals surface area (Å²) in [6, 6.07) is 16.1. The number of aromatic nitrogens is 2. The first-order valence-corrected chi connectivity index (χ1v) is 9.70. The van der Waals surface area contributed by atoms with E-state index >= 15 is 0 Å². The zero-order chi connectivity index (χ0) is 17.9. The van der Waals surface area contributed by atoms with Gasteiger partial charge in [-0.1, -0.05) is 46.3 Å². The second-order valence-corrected chi connectivity index (χ2v) is 7.52. The van der Waals surface area contributed by atoms with Gasteiger partial charge in [0.1, 0.15) is 0 Å². The summed E-state index contributed by atoms with van der Waals surface area (Å²) in [6.45, 7) is 0.536. The molecule has 138 valence electrons. The summed E-state index contributed by atoms with van der Waals surface area (Å²) in [5.41, 5.74) is 10.1. The molecule has 0 aliphatic carbocycles. The molecule has 0 saturated heterocycles. The largest absolute Gasteiger partial charge is 0.370 e. The molecule has 0 aliphatic rings. The van der Waals surface area contributed by atoms with Crippen molar-refractivity contribution in [2.24, 2.45) is 10.7 Å². The van der Waals surface area contributed by atoms with Gasteiger partial charge in [0.05, 0.1) is 12.2 Å². The highest BCUT2D eigenvalue weighted by atomic mass is 79.9. The van der Waals surface area contributed by atoms with Gasteiger partial charge in [0.25, 0.3) is 0 Å². The average Bonchev–Trinajstić information content (AvgIpc) is 3.27. The molecule has 0 saturated carbocycles. The number of hydrogen-bond donors (Lipinski definition) is 3. The summed E-state index contributed by atoms with van der Waals surface area (Å²) in [6.07, 6.45) is 1.97. The molecule has 0 bridgehead atoms. The third kappa shape index (κ3) is 4.50. The summed E-state index contributed by atoms with van der Waals surface area (Å²) in [5, 5.41) is 6.93. The minimum absolute atomic E-state index is 0. The van der Waals surface area contributed by atoms with E-state index in [1.54, 1.807) is 0 Å². The van der Waals surface area contributed by atoms with E-state index in [1.807, 2.05) is 54.0 Å². The van der Waals surface area contributed by atoms with E-state index in [0.29, 0.717) is 12.5 Å². The number of anilines is 1. The summed E-state index contributed by atoms with van der Waals surface area (Å²) in [5.74, 6) is 0.358. The molecular formula is C19H17BrClN5S. The Morgan fingerprint density at radius 2 is 2.04 bits per heavy atom. The number of halogens is 2. The summed E-state index contributed by atoms with van der Waals surface area (Å²) in [4.78, 5) is 12.3. The predicted octanol–water partition coefficient (Wildman–Crippen LogP) is 5.40. The Balaban J connectivity index is 0.00000210. The van der Waals surface area contributed by atoms with Crippen LogP contribution in [0.1, 0.15) is 5.56 Å². The van der Waals surface area contributed by atoms with Gasteiger partial charge in [-0.25, -0.2) is 9.98 Å². The molecule has 0 amide bonds. The molecule has 8 heteroatoms. The number of benzene rings is 2. The number of rotatable bonds is 4. The maximum absolute atomic E-state index is 5.99. The van der Waals surface area contributed by atoms with Gasteiger partial charge >= 0.3 is 0 Å². The van der Waals surface area contributed by atoms with Gasteiger partial charge in [-0.05, 0) is 23.8 Å². The molecule has 4 N–H and O–H groups in total. The predicted molar refractivity (Wildman–Crippen MR) is 120 cm³/mol. The van der Waals surface area contributed by atoms with Crippen molar-refractivity contribution in [1.29, 1.82) is 0 Å². The molecule has 4 aromatic rings. The Hall–Kier alpha value is -2.35. The Labute approximate surface area is 175 Å². The molecule has 0 unspecified atom stereocenters. The topological polar surface area (TPSA) is 79.1 Å². The Kier molecular flexibility index (Phi) is 6.15. The number of nitrogens with two attached hydrogens (primary N) is 1. The van der Waals surface area contributed by atoms with Gasteiger partial charge in [-0.15, -0.1) is 23.7 Å². The smallest absolute Gasteiger partial charge is 0.195 e. The van der Waals surface area contributed by atoms with Crippen LogP contribution in [-0.4, -0.2) is 15.9 Å². The van der Waals surface area contributed by atoms with Crippen LogP contribution >= 0.6 is 39.7 Å². The second kappa shape index (κ2) is 8.56. The van der Waals surface area contributed by atoms with E-state index in [0.717, 1.165) is 37.3 Å². The molecule has 0 atom stereocenters. The first-order valence-electron chi connectivity index (χ1n) is 8.02. The van der Waals surface area contributed by atoms with E-state index < -0.39 is 0 Å². The standard InChI is InChI=1S/C19H16BrN5S.ClH/c20-13-6-7-16-14(8-13)15(10-22-16)17-11-26-19(24-17)25-18(21)23-9-12-4-2-1-3-5-12;/h1-8,10-11,22H,9H2,(H3,21,23,24,25);1H. The lowest BCUT2D eigenvalue weighted by molar-refractivity contribution is 1.06. The number of fused-ring (bicyclic) bond motifs is 1. The molecule has 2 aromatic carbocycles. The lowest BCUT2D eigenvalue weighted by Gasteiger charge is -2.02. The number of nitrogens with zero attached hydrogens (tertiary/aromatic N) is 2. The van der Waals surface area contributed by atoms with Crippen LogP contribution in [0.3, 0.4) is 0 Å².